The van der Waals surface area contributed by atoms with Crippen molar-refractivity contribution < 1.29 is 15.0 Å². The standard InChI is InChI=1S/C14H22N2O3/c1-4-14(19,5-2)8-16-10-6-9(3)12(15)11(7-10)13(17)18/h6-7,16,19H,4-5,8,15H2,1-3H3,(H,17,18). The van der Waals surface area contributed by atoms with Gasteiger partial charge in [-0.1, -0.05) is 13.8 Å². The number of anilines is 2. The number of aromatic carboxylic acids is 1. The van der Waals surface area contributed by atoms with E-state index in [1.54, 1.807) is 13.0 Å². The number of carboxylic acid groups (broad SMARTS) is 1. The Morgan fingerprint density at radius 2 is 1.95 bits per heavy atom. The smallest absolute Gasteiger partial charge is 0.337 e. The summed E-state index contributed by atoms with van der Waals surface area (Å²) < 4.78 is 0. The molecular weight excluding hydrogens is 244 g/mol. The second kappa shape index (κ2) is 5.93. The lowest BCUT2D eigenvalue weighted by atomic mass is 9.97. The number of hydrogen-bond acceptors (Lipinski definition) is 4. The van der Waals surface area contributed by atoms with Crippen molar-refractivity contribution in [2.24, 2.45) is 0 Å². The third-order valence-corrected chi connectivity index (χ3v) is 3.56. The van der Waals surface area contributed by atoms with Crippen LogP contribution in [-0.2, 0) is 0 Å². The van der Waals surface area contributed by atoms with Crippen LogP contribution in [0.25, 0.3) is 0 Å². The fourth-order valence-electron chi connectivity index (χ4n) is 1.84. The maximum atomic E-state index is 11.1. The zero-order chi connectivity index (χ0) is 14.6. The van der Waals surface area contributed by atoms with Crippen LogP contribution in [0.2, 0.25) is 0 Å². The van der Waals surface area contributed by atoms with Crippen LogP contribution in [0.4, 0.5) is 11.4 Å². The van der Waals surface area contributed by atoms with Crippen molar-refractivity contribution in [3.63, 3.8) is 0 Å². The first kappa shape index (κ1) is 15.3. The van der Waals surface area contributed by atoms with Crippen molar-refractivity contribution in [2.75, 3.05) is 17.6 Å². The summed E-state index contributed by atoms with van der Waals surface area (Å²) in [6, 6.07) is 3.28. The number of rotatable bonds is 6. The van der Waals surface area contributed by atoms with Gasteiger partial charge in [-0.25, -0.2) is 4.79 Å². The predicted molar refractivity (Wildman–Crippen MR) is 76.6 cm³/mol. The zero-order valence-corrected chi connectivity index (χ0v) is 11.7. The van der Waals surface area contributed by atoms with Crippen LogP contribution in [0.1, 0.15) is 42.6 Å². The van der Waals surface area contributed by atoms with Crippen molar-refractivity contribution in [3.05, 3.63) is 23.3 Å². The number of carbonyl (C=O) groups is 1. The Labute approximate surface area is 113 Å². The number of hydrogen-bond donors (Lipinski definition) is 4. The van der Waals surface area contributed by atoms with Gasteiger partial charge in [0.25, 0.3) is 0 Å². The number of carboxylic acids is 1. The van der Waals surface area contributed by atoms with Crippen LogP contribution in [0.15, 0.2) is 12.1 Å². The van der Waals surface area contributed by atoms with Crippen LogP contribution < -0.4 is 11.1 Å². The minimum absolute atomic E-state index is 0.0824. The fourth-order valence-corrected chi connectivity index (χ4v) is 1.84. The Morgan fingerprint density at radius 1 is 1.37 bits per heavy atom. The Hall–Kier alpha value is -1.75. The molecule has 5 heteroatoms. The van der Waals surface area contributed by atoms with Gasteiger partial charge in [0.15, 0.2) is 0 Å². The van der Waals surface area contributed by atoms with Crippen LogP contribution >= 0.6 is 0 Å². The summed E-state index contributed by atoms with van der Waals surface area (Å²) in [6.07, 6.45) is 1.27. The lowest BCUT2D eigenvalue weighted by Crippen LogP contribution is -2.35. The Balaban J connectivity index is 2.94. The molecule has 0 bridgehead atoms. The van der Waals surface area contributed by atoms with E-state index in [-0.39, 0.29) is 11.3 Å². The molecule has 5 N–H and O–H groups in total. The van der Waals surface area contributed by atoms with Crippen LogP contribution in [0.5, 0.6) is 0 Å². The number of aliphatic hydroxyl groups is 1. The third-order valence-electron chi connectivity index (χ3n) is 3.56. The number of nitrogens with two attached hydrogens (primary N) is 1. The first-order chi connectivity index (χ1) is 8.83. The molecule has 5 nitrogen and oxygen atoms in total. The molecule has 0 aromatic heterocycles. The molecule has 1 aromatic carbocycles. The zero-order valence-electron chi connectivity index (χ0n) is 11.7. The van der Waals surface area contributed by atoms with Gasteiger partial charge >= 0.3 is 5.97 Å². The number of nitrogen functional groups attached to an aromatic ring is 1. The summed E-state index contributed by atoms with van der Waals surface area (Å²) in [4.78, 5) is 11.1. The molecular formula is C14H22N2O3. The van der Waals surface area contributed by atoms with Gasteiger partial charge in [0.2, 0.25) is 0 Å². The summed E-state index contributed by atoms with van der Waals surface area (Å²) in [5.74, 6) is -1.05. The first-order valence-corrected chi connectivity index (χ1v) is 6.42. The van der Waals surface area contributed by atoms with Gasteiger partial charge in [-0.15, -0.1) is 0 Å². The van der Waals surface area contributed by atoms with Crippen LogP contribution in [0.3, 0.4) is 0 Å². The highest BCUT2D eigenvalue weighted by Gasteiger charge is 2.22. The van der Waals surface area contributed by atoms with E-state index in [1.165, 1.54) is 6.07 Å². The molecule has 0 atom stereocenters. The first-order valence-electron chi connectivity index (χ1n) is 6.42. The summed E-state index contributed by atoms with van der Waals surface area (Å²) >= 11 is 0. The van der Waals surface area contributed by atoms with E-state index in [4.69, 9.17) is 10.8 Å². The number of aryl methyl sites for hydroxylation is 1. The van der Waals surface area contributed by atoms with Crippen molar-refractivity contribution >= 4 is 17.3 Å². The largest absolute Gasteiger partial charge is 0.478 e. The van der Waals surface area contributed by atoms with Crippen molar-refractivity contribution in [2.45, 2.75) is 39.2 Å². The van der Waals surface area contributed by atoms with E-state index in [0.717, 1.165) is 0 Å². The van der Waals surface area contributed by atoms with Gasteiger partial charge in [0.05, 0.1) is 11.2 Å². The van der Waals surface area contributed by atoms with Crippen molar-refractivity contribution in [1.82, 2.24) is 0 Å². The van der Waals surface area contributed by atoms with Crippen molar-refractivity contribution in [1.29, 1.82) is 0 Å². The molecule has 1 rings (SSSR count). The molecule has 19 heavy (non-hydrogen) atoms. The van der Waals surface area contributed by atoms with E-state index in [1.807, 2.05) is 13.8 Å². The maximum absolute atomic E-state index is 11.1. The fraction of sp³-hybridized carbons (Fsp3) is 0.500. The SMILES string of the molecule is CCC(O)(CC)CNc1cc(C)c(N)c(C(=O)O)c1. The van der Waals surface area contributed by atoms with Gasteiger partial charge in [0.1, 0.15) is 0 Å². The highest BCUT2D eigenvalue weighted by atomic mass is 16.4. The monoisotopic (exact) mass is 266 g/mol. The maximum Gasteiger partial charge on any atom is 0.337 e. The summed E-state index contributed by atoms with van der Waals surface area (Å²) in [5, 5.41) is 22.3. The van der Waals surface area contributed by atoms with Crippen LogP contribution in [0, 0.1) is 6.92 Å². The summed E-state index contributed by atoms with van der Waals surface area (Å²) in [5.41, 5.74) is 6.67. The van der Waals surface area contributed by atoms with E-state index in [9.17, 15) is 9.90 Å². The Bertz CT molecular complexity index is 468. The minimum atomic E-state index is -1.05. The molecule has 0 fully saturated rings. The molecule has 0 saturated heterocycles. The molecule has 0 aliphatic carbocycles. The lowest BCUT2D eigenvalue weighted by Gasteiger charge is -2.26. The molecule has 0 heterocycles. The average molecular weight is 266 g/mol. The number of benzene rings is 1. The number of nitrogens with one attached hydrogen (secondary N) is 1. The molecule has 0 radical (unpaired) electrons. The third kappa shape index (κ3) is 3.61. The van der Waals surface area contributed by atoms with Gasteiger partial charge in [-0.05, 0) is 37.5 Å². The summed E-state index contributed by atoms with van der Waals surface area (Å²) in [7, 11) is 0. The molecule has 1 aromatic rings. The lowest BCUT2D eigenvalue weighted by molar-refractivity contribution is 0.0457. The second-order valence-electron chi connectivity index (χ2n) is 4.84. The molecule has 0 aliphatic heterocycles. The molecule has 0 spiro atoms. The van der Waals surface area contributed by atoms with Crippen molar-refractivity contribution in [3.8, 4) is 0 Å². The van der Waals surface area contributed by atoms with E-state index in [2.05, 4.69) is 5.32 Å². The molecule has 0 unspecified atom stereocenters. The van der Waals surface area contributed by atoms with Crippen LogP contribution in [-0.4, -0.2) is 28.3 Å². The quantitative estimate of drug-likeness (QED) is 0.592. The van der Waals surface area contributed by atoms with E-state index in [0.29, 0.717) is 30.6 Å². The molecule has 106 valence electrons. The van der Waals surface area contributed by atoms with Gasteiger partial charge in [0, 0.05) is 17.9 Å². The van der Waals surface area contributed by atoms with E-state index < -0.39 is 11.6 Å². The Morgan fingerprint density at radius 3 is 2.42 bits per heavy atom. The van der Waals surface area contributed by atoms with Gasteiger partial charge in [-0.3, -0.25) is 0 Å². The minimum Gasteiger partial charge on any atom is -0.478 e. The van der Waals surface area contributed by atoms with Gasteiger partial charge in [-0.2, -0.15) is 0 Å². The highest BCUT2D eigenvalue weighted by molar-refractivity contribution is 5.95. The predicted octanol–water partition coefficient (Wildman–Crippen LogP) is 2.24. The average Bonchev–Trinajstić information content (AvgIpc) is 2.39. The second-order valence-corrected chi connectivity index (χ2v) is 4.84. The molecule has 0 saturated carbocycles. The molecule has 0 amide bonds. The van der Waals surface area contributed by atoms with E-state index >= 15 is 0 Å². The topological polar surface area (TPSA) is 95.6 Å². The normalized spacial score (nSPS) is 11.4. The molecule has 0 aliphatic rings. The highest BCUT2D eigenvalue weighted by Crippen LogP contribution is 2.24. The summed E-state index contributed by atoms with van der Waals surface area (Å²) in [6.45, 7) is 5.98. The van der Waals surface area contributed by atoms with Gasteiger partial charge < -0.3 is 21.3 Å². The Kier molecular flexibility index (Phi) is 4.78.